The number of hydrogen-bond acceptors (Lipinski definition) is 3. The standard InChI is InChI=1S/C14H12F3NOS/c15-14(16,17)10-4-5-13(12(18)7-10)20-8-9-2-1-3-11(19)6-9/h1-7,19H,8,18H2. The first-order valence-corrected chi connectivity index (χ1v) is 6.72. The van der Waals surface area contributed by atoms with E-state index in [4.69, 9.17) is 5.73 Å². The molecular formula is C14H12F3NOS. The molecule has 0 aliphatic heterocycles. The van der Waals surface area contributed by atoms with Crippen molar-refractivity contribution in [3.8, 4) is 5.75 Å². The molecule has 0 heterocycles. The van der Waals surface area contributed by atoms with Gasteiger partial charge in [0.25, 0.3) is 0 Å². The first-order chi connectivity index (χ1) is 9.36. The number of alkyl halides is 3. The zero-order valence-electron chi connectivity index (χ0n) is 10.3. The van der Waals surface area contributed by atoms with Gasteiger partial charge in [-0.05, 0) is 35.9 Å². The fourth-order valence-electron chi connectivity index (χ4n) is 1.66. The maximum absolute atomic E-state index is 12.5. The Balaban J connectivity index is 2.11. The average Bonchev–Trinajstić information content (AvgIpc) is 2.36. The van der Waals surface area contributed by atoms with Gasteiger partial charge in [-0.25, -0.2) is 0 Å². The Hall–Kier alpha value is -1.82. The predicted octanol–water partition coefficient (Wildman–Crippen LogP) is 4.29. The van der Waals surface area contributed by atoms with E-state index in [1.54, 1.807) is 18.2 Å². The third-order valence-electron chi connectivity index (χ3n) is 2.64. The highest BCUT2D eigenvalue weighted by molar-refractivity contribution is 7.98. The minimum absolute atomic E-state index is 0.102. The van der Waals surface area contributed by atoms with Crippen LogP contribution in [0, 0.1) is 0 Å². The van der Waals surface area contributed by atoms with Crippen molar-refractivity contribution in [2.45, 2.75) is 16.8 Å². The summed E-state index contributed by atoms with van der Waals surface area (Å²) in [5.74, 6) is 0.674. The zero-order valence-corrected chi connectivity index (χ0v) is 11.1. The van der Waals surface area contributed by atoms with Gasteiger partial charge < -0.3 is 10.8 Å². The molecule has 0 spiro atoms. The van der Waals surface area contributed by atoms with Crippen LogP contribution in [0.1, 0.15) is 11.1 Å². The Morgan fingerprint density at radius 3 is 2.45 bits per heavy atom. The summed E-state index contributed by atoms with van der Waals surface area (Å²) in [4.78, 5) is 0.585. The molecule has 6 heteroatoms. The molecule has 0 atom stereocenters. The van der Waals surface area contributed by atoms with Crippen LogP contribution in [0.4, 0.5) is 18.9 Å². The van der Waals surface area contributed by atoms with E-state index in [0.29, 0.717) is 10.6 Å². The molecule has 0 bridgehead atoms. The first-order valence-electron chi connectivity index (χ1n) is 5.73. The summed E-state index contributed by atoms with van der Waals surface area (Å²) in [5.41, 5.74) is 5.86. The maximum atomic E-state index is 12.5. The molecule has 2 nitrogen and oxygen atoms in total. The van der Waals surface area contributed by atoms with Gasteiger partial charge in [0.1, 0.15) is 5.75 Å². The number of aromatic hydroxyl groups is 1. The Morgan fingerprint density at radius 1 is 1.10 bits per heavy atom. The van der Waals surface area contributed by atoms with Gasteiger partial charge in [-0.15, -0.1) is 11.8 Å². The largest absolute Gasteiger partial charge is 0.508 e. The van der Waals surface area contributed by atoms with Crippen molar-refractivity contribution >= 4 is 17.4 Å². The normalized spacial score (nSPS) is 11.6. The predicted molar refractivity (Wildman–Crippen MR) is 73.5 cm³/mol. The summed E-state index contributed by atoms with van der Waals surface area (Å²) in [7, 11) is 0. The molecule has 3 N–H and O–H groups in total. The van der Waals surface area contributed by atoms with Crippen LogP contribution in [0.3, 0.4) is 0 Å². The summed E-state index contributed by atoms with van der Waals surface area (Å²) in [6.07, 6.45) is -4.39. The van der Waals surface area contributed by atoms with Gasteiger partial charge in [-0.2, -0.15) is 13.2 Å². The van der Waals surface area contributed by atoms with E-state index >= 15 is 0 Å². The van der Waals surface area contributed by atoms with Crippen LogP contribution in [0.25, 0.3) is 0 Å². The molecule has 0 aliphatic carbocycles. The highest BCUT2D eigenvalue weighted by atomic mass is 32.2. The molecule has 0 fully saturated rings. The van der Waals surface area contributed by atoms with E-state index in [9.17, 15) is 18.3 Å². The maximum Gasteiger partial charge on any atom is 0.416 e. The summed E-state index contributed by atoms with van der Waals surface area (Å²) >= 11 is 1.32. The highest BCUT2D eigenvalue weighted by Crippen LogP contribution is 2.35. The highest BCUT2D eigenvalue weighted by Gasteiger charge is 2.30. The van der Waals surface area contributed by atoms with Gasteiger partial charge in [0, 0.05) is 16.3 Å². The Labute approximate surface area is 118 Å². The molecule has 0 aromatic heterocycles. The Kier molecular flexibility index (Phi) is 4.13. The van der Waals surface area contributed by atoms with E-state index in [1.807, 2.05) is 6.07 Å². The number of anilines is 1. The number of phenolic OH excluding ortho intramolecular Hbond substituents is 1. The quantitative estimate of drug-likeness (QED) is 0.656. The van der Waals surface area contributed by atoms with Crippen molar-refractivity contribution in [1.29, 1.82) is 0 Å². The van der Waals surface area contributed by atoms with Crippen LogP contribution >= 0.6 is 11.8 Å². The van der Waals surface area contributed by atoms with Crippen LogP contribution in [0.2, 0.25) is 0 Å². The van der Waals surface area contributed by atoms with Crippen LogP contribution in [-0.2, 0) is 11.9 Å². The average molecular weight is 299 g/mol. The third kappa shape index (κ3) is 3.60. The number of hydrogen-bond donors (Lipinski definition) is 2. The second kappa shape index (κ2) is 5.66. The van der Waals surface area contributed by atoms with Crippen LogP contribution in [0.5, 0.6) is 5.75 Å². The van der Waals surface area contributed by atoms with Gasteiger partial charge in [-0.1, -0.05) is 12.1 Å². The summed E-state index contributed by atoms with van der Waals surface area (Å²) in [6, 6.07) is 10.0. The van der Waals surface area contributed by atoms with E-state index in [1.165, 1.54) is 17.8 Å². The lowest BCUT2D eigenvalue weighted by Gasteiger charge is -2.10. The molecule has 0 aliphatic rings. The number of rotatable bonds is 3. The van der Waals surface area contributed by atoms with Crippen molar-refractivity contribution in [1.82, 2.24) is 0 Å². The van der Waals surface area contributed by atoms with E-state index in [2.05, 4.69) is 0 Å². The van der Waals surface area contributed by atoms with Crippen molar-refractivity contribution in [3.05, 3.63) is 53.6 Å². The molecule has 2 rings (SSSR count). The lowest BCUT2D eigenvalue weighted by atomic mass is 10.2. The fourth-order valence-corrected chi connectivity index (χ4v) is 2.56. The fraction of sp³-hybridized carbons (Fsp3) is 0.143. The summed E-state index contributed by atoms with van der Waals surface area (Å²) in [6.45, 7) is 0. The van der Waals surface area contributed by atoms with E-state index in [-0.39, 0.29) is 11.4 Å². The number of nitrogens with two attached hydrogens (primary N) is 1. The zero-order chi connectivity index (χ0) is 14.8. The molecule has 2 aromatic carbocycles. The first kappa shape index (κ1) is 14.6. The summed E-state index contributed by atoms with van der Waals surface area (Å²) in [5, 5.41) is 9.33. The molecule has 0 radical (unpaired) electrons. The Morgan fingerprint density at radius 2 is 1.85 bits per heavy atom. The van der Waals surface area contributed by atoms with Gasteiger partial charge in [-0.3, -0.25) is 0 Å². The number of halogens is 3. The third-order valence-corrected chi connectivity index (χ3v) is 3.80. The number of thioether (sulfide) groups is 1. The van der Waals surface area contributed by atoms with Crippen LogP contribution in [-0.4, -0.2) is 5.11 Å². The van der Waals surface area contributed by atoms with Crippen molar-refractivity contribution in [2.75, 3.05) is 5.73 Å². The molecule has 0 amide bonds. The van der Waals surface area contributed by atoms with E-state index < -0.39 is 11.7 Å². The smallest absolute Gasteiger partial charge is 0.416 e. The van der Waals surface area contributed by atoms with E-state index in [0.717, 1.165) is 17.7 Å². The summed E-state index contributed by atoms with van der Waals surface area (Å²) < 4.78 is 37.5. The second-order valence-corrected chi connectivity index (χ2v) is 5.23. The molecule has 0 unspecified atom stereocenters. The Bertz CT molecular complexity index is 614. The number of nitrogen functional groups attached to an aromatic ring is 1. The minimum atomic E-state index is -4.39. The monoisotopic (exact) mass is 299 g/mol. The lowest BCUT2D eigenvalue weighted by molar-refractivity contribution is -0.137. The number of benzene rings is 2. The van der Waals surface area contributed by atoms with Gasteiger partial charge in [0.15, 0.2) is 0 Å². The molecule has 0 saturated heterocycles. The van der Waals surface area contributed by atoms with Crippen LogP contribution < -0.4 is 5.73 Å². The van der Waals surface area contributed by atoms with Crippen molar-refractivity contribution in [2.24, 2.45) is 0 Å². The van der Waals surface area contributed by atoms with Gasteiger partial charge in [0.2, 0.25) is 0 Å². The lowest BCUT2D eigenvalue weighted by Crippen LogP contribution is -2.05. The molecule has 20 heavy (non-hydrogen) atoms. The van der Waals surface area contributed by atoms with Gasteiger partial charge in [0.05, 0.1) is 5.56 Å². The second-order valence-electron chi connectivity index (χ2n) is 4.21. The molecule has 106 valence electrons. The number of phenols is 1. The van der Waals surface area contributed by atoms with Crippen LogP contribution in [0.15, 0.2) is 47.4 Å². The molecule has 0 saturated carbocycles. The van der Waals surface area contributed by atoms with Crippen molar-refractivity contribution < 1.29 is 18.3 Å². The molecular weight excluding hydrogens is 287 g/mol. The topological polar surface area (TPSA) is 46.2 Å². The van der Waals surface area contributed by atoms with Crippen molar-refractivity contribution in [3.63, 3.8) is 0 Å². The minimum Gasteiger partial charge on any atom is -0.508 e. The van der Waals surface area contributed by atoms with Gasteiger partial charge >= 0.3 is 6.18 Å². The molecule has 2 aromatic rings. The SMILES string of the molecule is Nc1cc(C(F)(F)F)ccc1SCc1cccc(O)c1.